The molecule has 1 N–H and O–H groups in total. The minimum atomic E-state index is 0.422. The van der Waals surface area contributed by atoms with Gasteiger partial charge in [0.05, 0.1) is 5.76 Å². The van der Waals surface area contributed by atoms with Crippen LogP contribution in [0.1, 0.15) is 12.8 Å². The molecule has 0 heterocycles. The van der Waals surface area contributed by atoms with Crippen molar-refractivity contribution in [3.05, 3.63) is 54.0 Å². The van der Waals surface area contributed by atoms with Gasteiger partial charge in [-0.1, -0.05) is 18.2 Å². The van der Waals surface area contributed by atoms with Gasteiger partial charge in [0.15, 0.2) is 0 Å². The van der Waals surface area contributed by atoms with Crippen molar-refractivity contribution < 1.29 is 9.84 Å². The Kier molecular flexibility index (Phi) is 2.54. The van der Waals surface area contributed by atoms with Gasteiger partial charge in [-0.3, -0.25) is 0 Å². The number of hydrogen-bond acceptors (Lipinski definition) is 2. The summed E-state index contributed by atoms with van der Waals surface area (Å²) in [4.78, 5) is 0. The highest BCUT2D eigenvalue weighted by molar-refractivity contribution is 5.26. The van der Waals surface area contributed by atoms with Crippen molar-refractivity contribution >= 4 is 0 Å². The largest absolute Gasteiger partial charge is 0.512 e. The zero-order chi connectivity index (χ0) is 9.80. The average Bonchev–Trinajstić information content (AvgIpc) is 2.23. The van der Waals surface area contributed by atoms with Crippen LogP contribution in [-0.2, 0) is 0 Å². The highest BCUT2D eigenvalue weighted by Gasteiger charge is 2.06. The first-order valence-corrected chi connectivity index (χ1v) is 4.66. The lowest BCUT2D eigenvalue weighted by Crippen LogP contribution is -1.99. The maximum Gasteiger partial charge on any atom is 0.126 e. The fourth-order valence-electron chi connectivity index (χ4n) is 1.33. The molecule has 0 fully saturated rings. The summed E-state index contributed by atoms with van der Waals surface area (Å²) < 4.78 is 5.61. The molecular weight excluding hydrogens is 176 g/mol. The molecule has 2 nitrogen and oxygen atoms in total. The van der Waals surface area contributed by atoms with Crippen LogP contribution in [0.5, 0.6) is 5.75 Å². The third-order valence-corrected chi connectivity index (χ3v) is 2.08. The van der Waals surface area contributed by atoms with E-state index in [1.54, 1.807) is 6.08 Å². The molecule has 1 aromatic rings. The van der Waals surface area contributed by atoms with Gasteiger partial charge in [0.1, 0.15) is 11.5 Å². The molecule has 0 spiro atoms. The molecule has 72 valence electrons. The first-order chi connectivity index (χ1) is 6.84. The quantitative estimate of drug-likeness (QED) is 0.772. The SMILES string of the molecule is OC1=CC=C(Oc2ccccc2)CC1. The van der Waals surface area contributed by atoms with Crippen LogP contribution in [0.2, 0.25) is 0 Å². The summed E-state index contributed by atoms with van der Waals surface area (Å²) in [7, 11) is 0. The lowest BCUT2D eigenvalue weighted by atomic mass is 10.1. The standard InChI is InChI=1S/C12H12O2/c13-10-6-8-12(9-7-10)14-11-4-2-1-3-5-11/h1-6,8,13H,7,9H2. The van der Waals surface area contributed by atoms with Crippen molar-refractivity contribution in [3.8, 4) is 5.75 Å². The molecule has 0 atom stereocenters. The van der Waals surface area contributed by atoms with Crippen LogP contribution < -0.4 is 4.74 Å². The average molecular weight is 188 g/mol. The molecule has 0 amide bonds. The van der Waals surface area contributed by atoms with Crippen molar-refractivity contribution in [2.45, 2.75) is 12.8 Å². The predicted octanol–water partition coefficient (Wildman–Crippen LogP) is 3.19. The van der Waals surface area contributed by atoms with Gasteiger partial charge in [0, 0.05) is 12.8 Å². The van der Waals surface area contributed by atoms with E-state index in [4.69, 9.17) is 9.84 Å². The summed E-state index contributed by atoms with van der Waals surface area (Å²) in [6.07, 6.45) is 4.92. The van der Waals surface area contributed by atoms with Gasteiger partial charge < -0.3 is 9.84 Å². The van der Waals surface area contributed by atoms with Crippen LogP contribution >= 0.6 is 0 Å². The van der Waals surface area contributed by atoms with Crippen molar-refractivity contribution in [1.29, 1.82) is 0 Å². The molecule has 1 aliphatic rings. The van der Waals surface area contributed by atoms with Crippen LogP contribution in [0.4, 0.5) is 0 Å². The molecule has 0 aromatic heterocycles. The summed E-state index contributed by atoms with van der Waals surface area (Å²) in [5, 5.41) is 9.15. The fraction of sp³-hybridized carbons (Fsp3) is 0.167. The lowest BCUT2D eigenvalue weighted by molar-refractivity contribution is 0.351. The van der Waals surface area contributed by atoms with E-state index in [-0.39, 0.29) is 0 Å². The van der Waals surface area contributed by atoms with Crippen molar-refractivity contribution in [2.75, 3.05) is 0 Å². The molecule has 14 heavy (non-hydrogen) atoms. The second-order valence-corrected chi connectivity index (χ2v) is 3.21. The van der Waals surface area contributed by atoms with Crippen LogP contribution in [0, 0.1) is 0 Å². The van der Waals surface area contributed by atoms with Gasteiger partial charge in [-0.05, 0) is 24.3 Å². The van der Waals surface area contributed by atoms with Crippen molar-refractivity contribution in [1.82, 2.24) is 0 Å². The summed E-state index contributed by atoms with van der Waals surface area (Å²) in [6.45, 7) is 0. The van der Waals surface area contributed by atoms with Gasteiger partial charge in [-0.25, -0.2) is 0 Å². The third kappa shape index (κ3) is 2.16. The molecule has 0 aliphatic heterocycles. The maximum absolute atomic E-state index is 9.15. The highest BCUT2D eigenvalue weighted by Crippen LogP contribution is 2.20. The fourth-order valence-corrected chi connectivity index (χ4v) is 1.33. The molecule has 0 bridgehead atoms. The number of benzene rings is 1. The topological polar surface area (TPSA) is 29.5 Å². The molecule has 2 heteroatoms. The highest BCUT2D eigenvalue weighted by atomic mass is 16.5. The Bertz CT molecular complexity index is 363. The molecule has 1 aliphatic carbocycles. The number of aliphatic hydroxyl groups excluding tert-OH is 1. The normalized spacial score (nSPS) is 15.7. The van der Waals surface area contributed by atoms with Gasteiger partial charge in [0.2, 0.25) is 0 Å². The number of para-hydroxylation sites is 1. The van der Waals surface area contributed by atoms with E-state index in [1.807, 2.05) is 36.4 Å². The van der Waals surface area contributed by atoms with E-state index < -0.39 is 0 Å². The van der Waals surface area contributed by atoms with Crippen LogP contribution in [0.15, 0.2) is 54.0 Å². The first-order valence-electron chi connectivity index (χ1n) is 4.66. The minimum absolute atomic E-state index is 0.422. The Hall–Kier alpha value is -1.70. The summed E-state index contributed by atoms with van der Waals surface area (Å²) >= 11 is 0. The Balaban J connectivity index is 2.06. The maximum atomic E-state index is 9.15. The number of rotatable bonds is 2. The molecule has 0 radical (unpaired) electrons. The van der Waals surface area contributed by atoms with E-state index in [1.165, 1.54) is 0 Å². The Labute approximate surface area is 83.1 Å². The van der Waals surface area contributed by atoms with Crippen LogP contribution in [0.25, 0.3) is 0 Å². The zero-order valence-corrected chi connectivity index (χ0v) is 7.81. The van der Waals surface area contributed by atoms with Gasteiger partial charge in [-0.15, -0.1) is 0 Å². The molecular formula is C12H12O2. The van der Waals surface area contributed by atoms with E-state index in [9.17, 15) is 0 Å². The van der Waals surface area contributed by atoms with Gasteiger partial charge in [0.25, 0.3) is 0 Å². The Morgan fingerprint density at radius 2 is 1.79 bits per heavy atom. The van der Waals surface area contributed by atoms with Crippen molar-refractivity contribution in [3.63, 3.8) is 0 Å². The van der Waals surface area contributed by atoms with E-state index in [0.717, 1.165) is 17.9 Å². The van der Waals surface area contributed by atoms with Gasteiger partial charge in [-0.2, -0.15) is 0 Å². The van der Waals surface area contributed by atoms with E-state index in [0.29, 0.717) is 12.2 Å². The molecule has 1 aromatic carbocycles. The minimum Gasteiger partial charge on any atom is -0.512 e. The molecule has 0 saturated carbocycles. The zero-order valence-electron chi connectivity index (χ0n) is 7.81. The molecule has 2 rings (SSSR count). The number of hydrogen-bond donors (Lipinski definition) is 1. The molecule has 0 unspecified atom stereocenters. The second kappa shape index (κ2) is 4.01. The number of ether oxygens (including phenoxy) is 1. The predicted molar refractivity (Wildman–Crippen MR) is 55.1 cm³/mol. The first kappa shape index (κ1) is 8.88. The summed E-state index contributed by atoms with van der Waals surface area (Å²) in [6, 6.07) is 9.66. The van der Waals surface area contributed by atoms with Crippen molar-refractivity contribution in [2.24, 2.45) is 0 Å². The second-order valence-electron chi connectivity index (χ2n) is 3.21. The summed E-state index contributed by atoms with van der Waals surface area (Å²) in [5.41, 5.74) is 0. The Morgan fingerprint density at radius 3 is 2.43 bits per heavy atom. The summed E-state index contributed by atoms with van der Waals surface area (Å²) in [5.74, 6) is 2.16. The van der Waals surface area contributed by atoms with Crippen LogP contribution in [0.3, 0.4) is 0 Å². The number of allylic oxidation sites excluding steroid dienone is 4. The lowest BCUT2D eigenvalue weighted by Gasteiger charge is -2.12. The Morgan fingerprint density at radius 1 is 1.00 bits per heavy atom. The van der Waals surface area contributed by atoms with E-state index >= 15 is 0 Å². The number of aliphatic hydroxyl groups is 1. The monoisotopic (exact) mass is 188 g/mol. The smallest absolute Gasteiger partial charge is 0.126 e. The third-order valence-electron chi connectivity index (χ3n) is 2.08. The molecule has 0 saturated heterocycles. The van der Waals surface area contributed by atoms with Crippen LogP contribution in [-0.4, -0.2) is 5.11 Å². The van der Waals surface area contributed by atoms with E-state index in [2.05, 4.69) is 0 Å². The van der Waals surface area contributed by atoms with Gasteiger partial charge >= 0.3 is 0 Å².